The summed E-state index contributed by atoms with van der Waals surface area (Å²) in [5, 5.41) is 0. The van der Waals surface area contributed by atoms with E-state index in [9.17, 15) is 9.59 Å². The number of amides is 1. The van der Waals surface area contributed by atoms with Crippen molar-refractivity contribution in [2.75, 3.05) is 7.11 Å². The van der Waals surface area contributed by atoms with Gasteiger partial charge in [-0.2, -0.15) is 0 Å². The fourth-order valence-electron chi connectivity index (χ4n) is 3.17. The predicted octanol–water partition coefficient (Wildman–Crippen LogP) is 3.24. The van der Waals surface area contributed by atoms with Gasteiger partial charge in [0.05, 0.1) is 18.2 Å². The average Bonchev–Trinajstić information content (AvgIpc) is 2.77. The van der Waals surface area contributed by atoms with Crippen LogP contribution in [0.5, 0.6) is 0 Å². The van der Waals surface area contributed by atoms with E-state index in [1.807, 2.05) is 26.0 Å². The fourth-order valence-corrected chi connectivity index (χ4v) is 3.17. The zero-order chi connectivity index (χ0) is 17.3. The number of hydrogen-bond donors (Lipinski definition) is 1. The van der Waals surface area contributed by atoms with Crippen LogP contribution >= 0.6 is 0 Å². The number of primary amides is 1. The van der Waals surface area contributed by atoms with Crippen LogP contribution in [-0.2, 0) is 4.74 Å². The average molecular weight is 314 g/mol. The molecule has 0 bridgehead atoms. The molecule has 0 saturated carbocycles. The topological polar surface area (TPSA) is 74.3 Å². The van der Waals surface area contributed by atoms with Gasteiger partial charge in [-0.1, -0.05) is 12.1 Å². The summed E-state index contributed by atoms with van der Waals surface area (Å²) < 4.78 is 6.81. The van der Waals surface area contributed by atoms with Crippen molar-refractivity contribution >= 4 is 11.9 Å². The van der Waals surface area contributed by atoms with Crippen LogP contribution in [0, 0.1) is 13.8 Å². The molecule has 0 spiro atoms. The Morgan fingerprint density at radius 3 is 2.09 bits per heavy atom. The van der Waals surface area contributed by atoms with Gasteiger partial charge in [-0.3, -0.25) is 4.79 Å². The van der Waals surface area contributed by atoms with Crippen molar-refractivity contribution in [3.05, 3.63) is 46.8 Å². The summed E-state index contributed by atoms with van der Waals surface area (Å²) in [6.45, 7) is 8.01. The highest BCUT2D eigenvalue weighted by molar-refractivity contribution is 6.02. The van der Waals surface area contributed by atoms with Gasteiger partial charge in [0.25, 0.3) is 5.91 Å². The number of aromatic nitrogens is 1. The van der Waals surface area contributed by atoms with E-state index in [0.717, 1.165) is 22.5 Å². The van der Waals surface area contributed by atoms with E-state index < -0.39 is 5.91 Å². The Hall–Kier alpha value is -2.56. The molecule has 0 aliphatic carbocycles. The third-order valence-corrected chi connectivity index (χ3v) is 4.05. The maximum atomic E-state index is 12.0. The van der Waals surface area contributed by atoms with Crippen molar-refractivity contribution in [2.24, 2.45) is 5.73 Å². The summed E-state index contributed by atoms with van der Waals surface area (Å²) in [6, 6.07) is 7.22. The van der Waals surface area contributed by atoms with E-state index in [4.69, 9.17) is 10.5 Å². The molecule has 23 heavy (non-hydrogen) atoms. The lowest BCUT2D eigenvalue weighted by molar-refractivity contribution is 0.0600. The molecule has 2 aromatic rings. The summed E-state index contributed by atoms with van der Waals surface area (Å²) in [4.78, 5) is 23.5. The predicted molar refractivity (Wildman–Crippen MR) is 89.6 cm³/mol. The van der Waals surface area contributed by atoms with Crippen LogP contribution in [0.25, 0.3) is 11.1 Å². The number of nitrogens with two attached hydrogens (primary N) is 1. The molecule has 5 heteroatoms. The molecule has 5 nitrogen and oxygen atoms in total. The van der Waals surface area contributed by atoms with Gasteiger partial charge in [-0.05, 0) is 45.4 Å². The largest absolute Gasteiger partial charge is 0.465 e. The van der Waals surface area contributed by atoms with Crippen molar-refractivity contribution in [3.8, 4) is 11.1 Å². The minimum absolute atomic E-state index is 0.219. The van der Waals surface area contributed by atoms with Crippen molar-refractivity contribution in [1.82, 2.24) is 4.57 Å². The highest BCUT2D eigenvalue weighted by Gasteiger charge is 2.23. The molecule has 0 aliphatic heterocycles. The summed E-state index contributed by atoms with van der Waals surface area (Å²) in [5.41, 5.74) is 10.1. The monoisotopic (exact) mass is 314 g/mol. The normalized spacial score (nSPS) is 10.9. The Bertz CT molecular complexity index is 756. The highest BCUT2D eigenvalue weighted by atomic mass is 16.5. The standard InChI is InChI=1S/C18H22N2O3/c1-10(2)20-11(3)15(16(12(20)4)17(19)21)13-6-8-14(9-7-13)18(22)23-5/h6-10H,1-5H3,(H2,19,21). The smallest absolute Gasteiger partial charge is 0.337 e. The van der Waals surface area contributed by atoms with Crippen LogP contribution in [0.1, 0.15) is 52.0 Å². The molecule has 2 N–H and O–H groups in total. The van der Waals surface area contributed by atoms with Crippen molar-refractivity contribution in [3.63, 3.8) is 0 Å². The van der Waals surface area contributed by atoms with E-state index in [1.54, 1.807) is 12.1 Å². The van der Waals surface area contributed by atoms with Crippen molar-refractivity contribution in [2.45, 2.75) is 33.7 Å². The molecule has 122 valence electrons. The number of esters is 1. The van der Waals surface area contributed by atoms with E-state index in [-0.39, 0.29) is 12.0 Å². The van der Waals surface area contributed by atoms with Crippen LogP contribution in [0.2, 0.25) is 0 Å². The van der Waals surface area contributed by atoms with Crippen molar-refractivity contribution in [1.29, 1.82) is 0 Å². The van der Waals surface area contributed by atoms with Gasteiger partial charge in [0.1, 0.15) is 0 Å². The van der Waals surface area contributed by atoms with E-state index in [1.165, 1.54) is 7.11 Å². The minimum Gasteiger partial charge on any atom is -0.465 e. The SMILES string of the molecule is COC(=O)c1ccc(-c2c(C(N)=O)c(C)n(C(C)C)c2C)cc1. The molecule has 0 aliphatic rings. The second kappa shape index (κ2) is 6.28. The second-order valence-electron chi connectivity index (χ2n) is 5.82. The lowest BCUT2D eigenvalue weighted by Crippen LogP contribution is -2.14. The van der Waals surface area contributed by atoms with Crippen LogP contribution in [0.3, 0.4) is 0 Å². The molecular formula is C18H22N2O3. The van der Waals surface area contributed by atoms with Gasteiger partial charge in [0.15, 0.2) is 0 Å². The van der Waals surface area contributed by atoms with Crippen molar-refractivity contribution < 1.29 is 14.3 Å². The van der Waals surface area contributed by atoms with Crippen LogP contribution in [0.15, 0.2) is 24.3 Å². The second-order valence-corrected chi connectivity index (χ2v) is 5.82. The number of benzene rings is 1. The molecule has 1 aromatic carbocycles. The molecular weight excluding hydrogens is 292 g/mol. The van der Waals surface area contributed by atoms with E-state index in [0.29, 0.717) is 11.1 Å². The van der Waals surface area contributed by atoms with E-state index in [2.05, 4.69) is 18.4 Å². The molecule has 0 saturated heterocycles. The first kappa shape index (κ1) is 16.8. The quantitative estimate of drug-likeness (QED) is 0.880. The Kier molecular flexibility index (Phi) is 4.59. The molecule has 0 fully saturated rings. The number of nitrogens with zero attached hydrogens (tertiary/aromatic N) is 1. The number of carbonyl (C=O) groups is 2. The van der Waals surface area contributed by atoms with Gasteiger partial charge < -0.3 is 15.0 Å². The zero-order valence-corrected chi connectivity index (χ0v) is 14.1. The number of carbonyl (C=O) groups excluding carboxylic acids is 2. The molecule has 0 radical (unpaired) electrons. The Balaban J connectivity index is 2.65. The molecule has 1 aromatic heterocycles. The van der Waals surface area contributed by atoms with Crippen LogP contribution < -0.4 is 5.73 Å². The summed E-state index contributed by atoms with van der Waals surface area (Å²) in [7, 11) is 1.34. The minimum atomic E-state index is -0.447. The molecule has 0 unspecified atom stereocenters. The Labute approximate surface area is 136 Å². The molecule has 1 amide bonds. The van der Waals surface area contributed by atoms with Crippen LogP contribution in [-0.4, -0.2) is 23.6 Å². The first-order valence-corrected chi connectivity index (χ1v) is 7.49. The number of ether oxygens (including phenoxy) is 1. The molecule has 1 heterocycles. The maximum Gasteiger partial charge on any atom is 0.337 e. The lowest BCUT2D eigenvalue weighted by Gasteiger charge is -2.13. The first-order valence-electron chi connectivity index (χ1n) is 7.49. The first-order chi connectivity index (χ1) is 10.8. The Morgan fingerprint density at radius 1 is 1.09 bits per heavy atom. The highest BCUT2D eigenvalue weighted by Crippen LogP contribution is 2.34. The third-order valence-electron chi connectivity index (χ3n) is 4.05. The summed E-state index contributed by atoms with van der Waals surface area (Å²) in [6.07, 6.45) is 0. The lowest BCUT2D eigenvalue weighted by atomic mass is 9.99. The summed E-state index contributed by atoms with van der Waals surface area (Å²) >= 11 is 0. The van der Waals surface area contributed by atoms with Gasteiger partial charge in [0, 0.05) is 23.0 Å². The zero-order valence-electron chi connectivity index (χ0n) is 14.1. The fraction of sp³-hybridized carbons (Fsp3) is 0.333. The Morgan fingerprint density at radius 2 is 1.65 bits per heavy atom. The molecule has 0 atom stereocenters. The van der Waals surface area contributed by atoms with Gasteiger partial charge in [-0.25, -0.2) is 4.79 Å². The van der Waals surface area contributed by atoms with Crippen LogP contribution in [0.4, 0.5) is 0 Å². The number of hydrogen-bond acceptors (Lipinski definition) is 3. The summed E-state index contributed by atoms with van der Waals surface area (Å²) in [5.74, 6) is -0.837. The van der Waals surface area contributed by atoms with Gasteiger partial charge in [0.2, 0.25) is 0 Å². The van der Waals surface area contributed by atoms with E-state index >= 15 is 0 Å². The third kappa shape index (κ3) is 2.86. The van der Waals surface area contributed by atoms with Gasteiger partial charge in [-0.15, -0.1) is 0 Å². The number of rotatable bonds is 4. The maximum absolute atomic E-state index is 12.0. The number of methoxy groups -OCH3 is 1. The van der Waals surface area contributed by atoms with Gasteiger partial charge >= 0.3 is 5.97 Å². The molecule has 2 rings (SSSR count).